The van der Waals surface area contributed by atoms with Gasteiger partial charge in [-0.1, -0.05) is 30.3 Å². The molecule has 0 fully saturated rings. The van der Waals surface area contributed by atoms with Crippen LogP contribution in [0.2, 0.25) is 0 Å². The Bertz CT molecular complexity index is 914. The van der Waals surface area contributed by atoms with Gasteiger partial charge in [-0.25, -0.2) is 9.78 Å². The maximum Gasteiger partial charge on any atom is 0.338 e. The smallest absolute Gasteiger partial charge is 0.338 e. The van der Waals surface area contributed by atoms with Crippen LogP contribution in [0.15, 0.2) is 42.5 Å². The molecule has 0 amide bonds. The molecular formula is C21H21NO2. The van der Waals surface area contributed by atoms with Gasteiger partial charge in [-0.05, 0) is 56.5 Å². The molecule has 122 valence electrons. The van der Waals surface area contributed by atoms with E-state index in [0.717, 1.165) is 38.9 Å². The first-order chi connectivity index (χ1) is 11.5. The zero-order valence-corrected chi connectivity index (χ0v) is 14.5. The average Bonchev–Trinajstić information content (AvgIpc) is 2.55. The Kier molecular flexibility index (Phi) is 4.34. The maximum atomic E-state index is 12.3. The molecule has 0 radical (unpaired) electrons. The molecule has 0 aliphatic heterocycles. The van der Waals surface area contributed by atoms with E-state index in [-0.39, 0.29) is 5.97 Å². The average molecular weight is 319 g/mol. The number of ether oxygens (including phenoxy) is 1. The van der Waals surface area contributed by atoms with Crippen molar-refractivity contribution in [3.8, 4) is 11.3 Å². The van der Waals surface area contributed by atoms with Gasteiger partial charge in [0.1, 0.15) is 0 Å². The number of benzene rings is 2. The predicted octanol–water partition coefficient (Wildman–Crippen LogP) is 5.00. The quantitative estimate of drug-likeness (QED) is 0.637. The maximum absolute atomic E-state index is 12.3. The number of aryl methyl sites for hydroxylation is 3. The molecule has 2 aromatic carbocycles. The van der Waals surface area contributed by atoms with Crippen molar-refractivity contribution in [3.63, 3.8) is 0 Å². The highest BCUT2D eigenvalue weighted by Gasteiger charge is 2.18. The van der Waals surface area contributed by atoms with Crippen LogP contribution in [0.5, 0.6) is 0 Å². The van der Waals surface area contributed by atoms with Crippen molar-refractivity contribution in [2.75, 3.05) is 6.61 Å². The van der Waals surface area contributed by atoms with Crippen LogP contribution in [0.3, 0.4) is 0 Å². The van der Waals surface area contributed by atoms with Crippen LogP contribution in [0, 0.1) is 20.8 Å². The number of rotatable bonds is 3. The van der Waals surface area contributed by atoms with Crippen molar-refractivity contribution in [1.29, 1.82) is 0 Å². The van der Waals surface area contributed by atoms with E-state index in [1.807, 2.05) is 45.0 Å². The number of carbonyl (C=O) groups is 1. The Labute approximate surface area is 142 Å². The molecule has 3 nitrogen and oxygen atoms in total. The number of pyridine rings is 1. The summed E-state index contributed by atoms with van der Waals surface area (Å²) in [6.07, 6.45) is 0. The van der Waals surface area contributed by atoms with Gasteiger partial charge in [0.15, 0.2) is 0 Å². The van der Waals surface area contributed by atoms with Crippen LogP contribution in [0.1, 0.15) is 34.0 Å². The molecule has 3 rings (SSSR count). The molecule has 0 atom stereocenters. The number of carbonyl (C=O) groups excluding carboxylic acids is 1. The third-order valence-corrected chi connectivity index (χ3v) is 4.27. The SMILES string of the molecule is CCOC(=O)c1c(C)cc2cc(C)c(-c3ccccc3)nc2c1C. The summed E-state index contributed by atoms with van der Waals surface area (Å²) >= 11 is 0. The number of nitrogens with zero attached hydrogens (tertiary/aromatic N) is 1. The Morgan fingerprint density at radius 3 is 2.38 bits per heavy atom. The minimum absolute atomic E-state index is 0.280. The summed E-state index contributed by atoms with van der Waals surface area (Å²) in [6, 6.07) is 14.3. The van der Waals surface area contributed by atoms with Crippen molar-refractivity contribution in [2.45, 2.75) is 27.7 Å². The molecule has 0 spiro atoms. The first-order valence-corrected chi connectivity index (χ1v) is 8.17. The highest BCUT2D eigenvalue weighted by Crippen LogP contribution is 2.30. The summed E-state index contributed by atoms with van der Waals surface area (Å²) in [5.41, 5.74) is 6.43. The second kappa shape index (κ2) is 6.44. The van der Waals surface area contributed by atoms with Crippen LogP contribution in [0.4, 0.5) is 0 Å². The molecule has 0 aliphatic rings. The fourth-order valence-corrected chi connectivity index (χ4v) is 3.17. The van der Waals surface area contributed by atoms with Crippen LogP contribution in [0.25, 0.3) is 22.2 Å². The normalized spacial score (nSPS) is 10.8. The standard InChI is InChI=1S/C21H21NO2/c1-5-24-21(23)18-13(2)11-17-12-14(3)19(22-20(17)15(18)4)16-9-7-6-8-10-16/h6-12H,5H2,1-4H3. The molecule has 3 aromatic rings. The second-order valence-electron chi connectivity index (χ2n) is 6.01. The van der Waals surface area contributed by atoms with Gasteiger partial charge >= 0.3 is 5.97 Å². The minimum Gasteiger partial charge on any atom is -0.462 e. The van der Waals surface area contributed by atoms with Crippen molar-refractivity contribution in [2.24, 2.45) is 0 Å². The van der Waals surface area contributed by atoms with E-state index >= 15 is 0 Å². The predicted molar refractivity (Wildman–Crippen MR) is 97.3 cm³/mol. The molecule has 0 saturated heterocycles. The molecule has 0 saturated carbocycles. The number of aromatic nitrogens is 1. The Hall–Kier alpha value is -2.68. The lowest BCUT2D eigenvalue weighted by Crippen LogP contribution is -2.10. The Morgan fingerprint density at radius 1 is 1.04 bits per heavy atom. The lowest BCUT2D eigenvalue weighted by atomic mass is 9.96. The third-order valence-electron chi connectivity index (χ3n) is 4.27. The third kappa shape index (κ3) is 2.78. The lowest BCUT2D eigenvalue weighted by molar-refractivity contribution is 0.0525. The van der Waals surface area contributed by atoms with Crippen LogP contribution in [-0.4, -0.2) is 17.6 Å². The van der Waals surface area contributed by atoms with E-state index in [2.05, 4.69) is 25.1 Å². The first kappa shape index (κ1) is 16.2. The fourth-order valence-electron chi connectivity index (χ4n) is 3.17. The number of hydrogen-bond donors (Lipinski definition) is 0. The largest absolute Gasteiger partial charge is 0.462 e. The Balaban J connectivity index is 2.26. The molecular weight excluding hydrogens is 298 g/mol. The van der Waals surface area contributed by atoms with Crippen LogP contribution >= 0.6 is 0 Å². The zero-order valence-electron chi connectivity index (χ0n) is 14.5. The zero-order chi connectivity index (χ0) is 17.3. The van der Waals surface area contributed by atoms with Gasteiger partial charge in [0.2, 0.25) is 0 Å². The minimum atomic E-state index is -0.280. The topological polar surface area (TPSA) is 39.2 Å². The first-order valence-electron chi connectivity index (χ1n) is 8.17. The number of fused-ring (bicyclic) bond motifs is 1. The van der Waals surface area contributed by atoms with Gasteiger partial charge in [-0.3, -0.25) is 0 Å². The van der Waals surface area contributed by atoms with Gasteiger partial charge in [-0.2, -0.15) is 0 Å². The summed E-state index contributed by atoms with van der Waals surface area (Å²) in [7, 11) is 0. The molecule has 0 unspecified atom stereocenters. The molecule has 3 heteroatoms. The van der Waals surface area contributed by atoms with Crippen molar-refractivity contribution in [1.82, 2.24) is 4.98 Å². The highest BCUT2D eigenvalue weighted by molar-refractivity contribution is 5.99. The van der Waals surface area contributed by atoms with E-state index in [4.69, 9.17) is 9.72 Å². The fraction of sp³-hybridized carbons (Fsp3) is 0.238. The second-order valence-corrected chi connectivity index (χ2v) is 6.01. The van der Waals surface area contributed by atoms with Crippen molar-refractivity contribution >= 4 is 16.9 Å². The van der Waals surface area contributed by atoms with E-state index < -0.39 is 0 Å². The Morgan fingerprint density at radius 2 is 1.71 bits per heavy atom. The van der Waals surface area contributed by atoms with Gasteiger partial charge in [0.05, 0.1) is 23.4 Å². The molecule has 0 aliphatic carbocycles. The van der Waals surface area contributed by atoms with Crippen LogP contribution in [-0.2, 0) is 4.74 Å². The van der Waals surface area contributed by atoms with E-state index in [9.17, 15) is 4.79 Å². The van der Waals surface area contributed by atoms with Gasteiger partial charge in [-0.15, -0.1) is 0 Å². The van der Waals surface area contributed by atoms with Crippen LogP contribution < -0.4 is 0 Å². The summed E-state index contributed by atoms with van der Waals surface area (Å²) < 4.78 is 5.21. The highest BCUT2D eigenvalue weighted by atomic mass is 16.5. The number of hydrogen-bond acceptors (Lipinski definition) is 3. The lowest BCUT2D eigenvalue weighted by Gasteiger charge is -2.14. The molecule has 0 N–H and O–H groups in total. The molecule has 1 heterocycles. The summed E-state index contributed by atoms with van der Waals surface area (Å²) in [5.74, 6) is -0.280. The number of esters is 1. The van der Waals surface area contributed by atoms with Crippen molar-refractivity contribution in [3.05, 3.63) is 64.7 Å². The molecule has 24 heavy (non-hydrogen) atoms. The molecule has 1 aromatic heterocycles. The summed E-state index contributed by atoms with van der Waals surface area (Å²) in [6.45, 7) is 8.14. The van der Waals surface area contributed by atoms with Gasteiger partial charge in [0, 0.05) is 10.9 Å². The summed E-state index contributed by atoms with van der Waals surface area (Å²) in [5, 5.41) is 1.05. The molecule has 0 bridgehead atoms. The van der Waals surface area contributed by atoms with E-state index in [1.54, 1.807) is 0 Å². The van der Waals surface area contributed by atoms with E-state index in [1.165, 1.54) is 0 Å². The monoisotopic (exact) mass is 319 g/mol. The van der Waals surface area contributed by atoms with E-state index in [0.29, 0.717) is 12.2 Å². The summed E-state index contributed by atoms with van der Waals surface area (Å²) in [4.78, 5) is 17.2. The van der Waals surface area contributed by atoms with Crippen molar-refractivity contribution < 1.29 is 9.53 Å². The van der Waals surface area contributed by atoms with Gasteiger partial charge < -0.3 is 4.74 Å². The van der Waals surface area contributed by atoms with Gasteiger partial charge in [0.25, 0.3) is 0 Å².